The molecule has 0 radical (unpaired) electrons. The molecule has 1 aliphatic carbocycles. The minimum atomic E-state index is -0.693. The number of hydrogen-bond donors (Lipinski definition) is 2. The number of nitrogens with two attached hydrogens (primary N) is 1. The Morgan fingerprint density at radius 2 is 1.94 bits per heavy atom. The minimum Gasteiger partial charge on any atom is -0.409 e. The summed E-state index contributed by atoms with van der Waals surface area (Å²) in [4.78, 5) is 16.6. The number of hydrogen-bond acceptors (Lipinski definition) is 4. The molecular formula is C12H22N4O2. The highest BCUT2D eigenvalue weighted by Gasteiger charge is 2.55. The first-order valence-corrected chi connectivity index (χ1v) is 6.64. The molecule has 18 heavy (non-hydrogen) atoms. The molecule has 102 valence electrons. The van der Waals surface area contributed by atoms with E-state index < -0.39 is 5.41 Å². The summed E-state index contributed by atoms with van der Waals surface area (Å²) in [6.45, 7) is 6.60. The van der Waals surface area contributed by atoms with Crippen LogP contribution >= 0.6 is 0 Å². The Morgan fingerprint density at radius 1 is 1.33 bits per heavy atom. The molecule has 0 aromatic carbocycles. The van der Waals surface area contributed by atoms with Crippen LogP contribution in [0.5, 0.6) is 0 Å². The quantitative estimate of drug-likeness (QED) is 0.322. The maximum Gasteiger partial charge on any atom is 0.236 e. The standard InChI is InChI=1S/C12H22N4O2/c1-2-5-15-6-8-16(9-7-15)11(17)12(3-4-12)10(13)14-18/h18H,2-9H2,1H3,(H2,13,14). The van der Waals surface area contributed by atoms with Crippen LogP contribution < -0.4 is 5.73 Å². The molecule has 0 aromatic rings. The van der Waals surface area contributed by atoms with Crippen molar-refractivity contribution in [2.75, 3.05) is 32.7 Å². The lowest BCUT2D eigenvalue weighted by Gasteiger charge is -2.36. The van der Waals surface area contributed by atoms with Crippen LogP contribution in [0.1, 0.15) is 26.2 Å². The highest BCUT2D eigenvalue weighted by molar-refractivity contribution is 6.09. The molecule has 2 rings (SSSR count). The van der Waals surface area contributed by atoms with Gasteiger partial charge < -0.3 is 15.8 Å². The molecule has 1 amide bonds. The van der Waals surface area contributed by atoms with E-state index in [9.17, 15) is 4.79 Å². The van der Waals surface area contributed by atoms with E-state index in [1.807, 2.05) is 4.90 Å². The summed E-state index contributed by atoms with van der Waals surface area (Å²) in [6.07, 6.45) is 2.55. The Hall–Kier alpha value is -1.30. The van der Waals surface area contributed by atoms with E-state index in [1.54, 1.807) is 0 Å². The molecule has 1 saturated heterocycles. The Kier molecular flexibility index (Phi) is 3.75. The average Bonchev–Trinajstić information content (AvgIpc) is 3.20. The van der Waals surface area contributed by atoms with E-state index in [0.29, 0.717) is 12.8 Å². The van der Waals surface area contributed by atoms with Gasteiger partial charge in [-0.2, -0.15) is 0 Å². The lowest BCUT2D eigenvalue weighted by atomic mass is 10.0. The number of carbonyl (C=O) groups is 1. The normalized spacial score (nSPS) is 24.1. The van der Waals surface area contributed by atoms with Gasteiger partial charge >= 0.3 is 0 Å². The van der Waals surface area contributed by atoms with Gasteiger partial charge in [0.05, 0.1) is 0 Å². The van der Waals surface area contributed by atoms with E-state index >= 15 is 0 Å². The molecule has 3 N–H and O–H groups in total. The smallest absolute Gasteiger partial charge is 0.236 e. The molecule has 1 aliphatic heterocycles. The number of amidine groups is 1. The Balaban J connectivity index is 1.92. The van der Waals surface area contributed by atoms with E-state index in [-0.39, 0.29) is 11.7 Å². The SMILES string of the molecule is CCCN1CCN(C(=O)C2(C(N)=NO)CC2)CC1. The Morgan fingerprint density at radius 3 is 2.39 bits per heavy atom. The maximum absolute atomic E-state index is 12.4. The second-order valence-corrected chi connectivity index (χ2v) is 5.20. The molecule has 0 atom stereocenters. The van der Waals surface area contributed by atoms with Gasteiger partial charge in [-0.3, -0.25) is 9.69 Å². The van der Waals surface area contributed by atoms with Gasteiger partial charge in [0.1, 0.15) is 5.41 Å². The van der Waals surface area contributed by atoms with Gasteiger partial charge in [0.2, 0.25) is 5.91 Å². The first-order valence-electron chi connectivity index (χ1n) is 6.64. The summed E-state index contributed by atoms with van der Waals surface area (Å²) >= 11 is 0. The zero-order valence-corrected chi connectivity index (χ0v) is 10.9. The van der Waals surface area contributed by atoms with Crippen molar-refractivity contribution in [2.45, 2.75) is 26.2 Å². The van der Waals surface area contributed by atoms with Crippen LogP contribution in [-0.2, 0) is 4.79 Å². The summed E-state index contributed by atoms with van der Waals surface area (Å²) in [7, 11) is 0. The lowest BCUT2D eigenvalue weighted by Crippen LogP contribution is -2.52. The minimum absolute atomic E-state index is 0.0361. The number of rotatable bonds is 4. The van der Waals surface area contributed by atoms with Gasteiger partial charge in [0.25, 0.3) is 0 Å². The van der Waals surface area contributed by atoms with Crippen LogP contribution in [0.2, 0.25) is 0 Å². The Bertz CT molecular complexity index is 344. The molecule has 2 fully saturated rings. The fourth-order valence-corrected chi connectivity index (χ4v) is 2.59. The van der Waals surface area contributed by atoms with Crippen LogP contribution in [0.25, 0.3) is 0 Å². The molecule has 6 heteroatoms. The topological polar surface area (TPSA) is 82.2 Å². The van der Waals surface area contributed by atoms with Crippen molar-refractivity contribution < 1.29 is 10.0 Å². The third-order valence-electron chi connectivity index (χ3n) is 3.96. The number of carbonyl (C=O) groups excluding carboxylic acids is 1. The lowest BCUT2D eigenvalue weighted by molar-refractivity contribution is -0.136. The molecule has 0 aromatic heterocycles. The molecule has 0 spiro atoms. The van der Waals surface area contributed by atoms with E-state index in [0.717, 1.165) is 39.1 Å². The van der Waals surface area contributed by atoms with Crippen LogP contribution in [0.4, 0.5) is 0 Å². The summed E-state index contributed by atoms with van der Waals surface area (Å²) in [6, 6.07) is 0. The van der Waals surface area contributed by atoms with Crippen LogP contribution in [0, 0.1) is 5.41 Å². The van der Waals surface area contributed by atoms with Gasteiger partial charge in [-0.1, -0.05) is 12.1 Å². The molecule has 1 heterocycles. The van der Waals surface area contributed by atoms with Crippen LogP contribution in [0.3, 0.4) is 0 Å². The van der Waals surface area contributed by atoms with Crippen molar-refractivity contribution in [3.05, 3.63) is 0 Å². The van der Waals surface area contributed by atoms with Gasteiger partial charge in [0.15, 0.2) is 5.84 Å². The van der Waals surface area contributed by atoms with Crippen molar-refractivity contribution in [1.29, 1.82) is 0 Å². The summed E-state index contributed by atoms with van der Waals surface area (Å²) in [5, 5.41) is 11.8. The van der Waals surface area contributed by atoms with Crippen molar-refractivity contribution in [3.8, 4) is 0 Å². The maximum atomic E-state index is 12.4. The predicted octanol–water partition coefficient (Wildman–Crippen LogP) is 0.0672. The van der Waals surface area contributed by atoms with Crippen molar-refractivity contribution >= 4 is 11.7 Å². The van der Waals surface area contributed by atoms with E-state index in [4.69, 9.17) is 10.9 Å². The van der Waals surface area contributed by atoms with E-state index in [1.165, 1.54) is 0 Å². The molecule has 2 aliphatic rings. The second-order valence-electron chi connectivity index (χ2n) is 5.20. The highest BCUT2D eigenvalue weighted by Crippen LogP contribution is 2.47. The second kappa shape index (κ2) is 5.14. The van der Waals surface area contributed by atoms with Crippen molar-refractivity contribution in [1.82, 2.24) is 9.80 Å². The Labute approximate surface area is 107 Å². The number of oxime groups is 1. The van der Waals surface area contributed by atoms with Crippen molar-refractivity contribution in [3.63, 3.8) is 0 Å². The van der Waals surface area contributed by atoms with Gasteiger partial charge in [0, 0.05) is 26.2 Å². The van der Waals surface area contributed by atoms with Crippen LogP contribution in [-0.4, -0.2) is 59.5 Å². The summed E-state index contributed by atoms with van der Waals surface area (Å²) in [5.41, 5.74) is 4.95. The van der Waals surface area contributed by atoms with E-state index in [2.05, 4.69) is 17.0 Å². The van der Waals surface area contributed by atoms with Gasteiger partial charge in [-0.15, -0.1) is 0 Å². The van der Waals surface area contributed by atoms with Crippen LogP contribution in [0.15, 0.2) is 5.16 Å². The average molecular weight is 254 g/mol. The first kappa shape index (κ1) is 13.1. The van der Waals surface area contributed by atoms with Gasteiger partial charge in [-0.05, 0) is 25.8 Å². The zero-order valence-electron chi connectivity index (χ0n) is 10.9. The third-order valence-corrected chi connectivity index (χ3v) is 3.96. The molecule has 0 bridgehead atoms. The molecule has 6 nitrogen and oxygen atoms in total. The molecule has 1 saturated carbocycles. The van der Waals surface area contributed by atoms with Gasteiger partial charge in [-0.25, -0.2) is 0 Å². The summed E-state index contributed by atoms with van der Waals surface area (Å²) < 4.78 is 0. The summed E-state index contributed by atoms with van der Waals surface area (Å²) in [5.74, 6) is 0.109. The first-order chi connectivity index (χ1) is 8.64. The van der Waals surface area contributed by atoms with Crippen molar-refractivity contribution in [2.24, 2.45) is 16.3 Å². The predicted molar refractivity (Wildman–Crippen MR) is 68.4 cm³/mol. The third kappa shape index (κ3) is 2.29. The zero-order chi connectivity index (χ0) is 13.2. The number of nitrogens with zero attached hydrogens (tertiary/aromatic N) is 3. The molecular weight excluding hydrogens is 232 g/mol. The number of amides is 1. The fraction of sp³-hybridized carbons (Fsp3) is 0.833. The fourth-order valence-electron chi connectivity index (χ4n) is 2.59. The number of piperazine rings is 1. The molecule has 0 unspecified atom stereocenters. The monoisotopic (exact) mass is 254 g/mol. The highest BCUT2D eigenvalue weighted by atomic mass is 16.4. The largest absolute Gasteiger partial charge is 0.409 e.